The van der Waals surface area contributed by atoms with Gasteiger partial charge in [0.05, 0.1) is 10.6 Å². The lowest BCUT2D eigenvalue weighted by molar-refractivity contribution is -0.140. The van der Waals surface area contributed by atoms with Gasteiger partial charge in [0.25, 0.3) is 10.0 Å². The first kappa shape index (κ1) is 29.3. The molecule has 0 saturated carbocycles. The molecule has 0 bridgehead atoms. The number of benzene rings is 3. The first-order valence-electron chi connectivity index (χ1n) is 12.0. The summed E-state index contributed by atoms with van der Waals surface area (Å²) < 4.78 is 42.6. The van der Waals surface area contributed by atoms with E-state index >= 15 is 0 Å². The van der Waals surface area contributed by atoms with Gasteiger partial charge in [0.1, 0.15) is 18.4 Å². The van der Waals surface area contributed by atoms with Gasteiger partial charge in [-0.15, -0.1) is 0 Å². The Morgan fingerprint density at radius 2 is 1.61 bits per heavy atom. The Hall–Kier alpha value is -3.24. The molecule has 1 atom stereocenters. The molecular formula is C28H31BrFN3O4S. The van der Waals surface area contributed by atoms with E-state index in [4.69, 9.17) is 0 Å². The highest BCUT2D eigenvalue weighted by Crippen LogP contribution is 2.25. The SMILES string of the molecule is C[C@H](C(=O)NC(C)(C)C)N(Cc1cccc(Br)c1)C(=O)CN(c1ccccc1)S(=O)(=O)c1ccc(F)cc1. The molecule has 0 aromatic heterocycles. The third kappa shape index (κ3) is 7.64. The third-order valence-electron chi connectivity index (χ3n) is 5.63. The van der Waals surface area contributed by atoms with Gasteiger partial charge in [0.15, 0.2) is 0 Å². The van der Waals surface area contributed by atoms with Crippen molar-refractivity contribution >= 4 is 43.5 Å². The second-order valence-electron chi connectivity index (χ2n) is 9.87. The fourth-order valence-electron chi connectivity index (χ4n) is 3.75. The molecule has 3 aromatic carbocycles. The van der Waals surface area contributed by atoms with Gasteiger partial charge in [-0.2, -0.15) is 0 Å². The van der Waals surface area contributed by atoms with Crippen molar-refractivity contribution in [2.24, 2.45) is 0 Å². The molecule has 7 nitrogen and oxygen atoms in total. The van der Waals surface area contributed by atoms with Crippen molar-refractivity contribution in [1.82, 2.24) is 10.2 Å². The van der Waals surface area contributed by atoms with Gasteiger partial charge in [0.2, 0.25) is 11.8 Å². The van der Waals surface area contributed by atoms with E-state index in [0.29, 0.717) is 0 Å². The molecule has 3 aromatic rings. The average Bonchev–Trinajstić information content (AvgIpc) is 2.85. The van der Waals surface area contributed by atoms with Crippen molar-refractivity contribution in [3.05, 3.63) is 94.7 Å². The normalized spacial score (nSPS) is 12.5. The second-order valence-corrected chi connectivity index (χ2v) is 12.6. The molecule has 202 valence electrons. The quantitative estimate of drug-likeness (QED) is 0.368. The van der Waals surface area contributed by atoms with Crippen LogP contribution in [-0.2, 0) is 26.2 Å². The summed E-state index contributed by atoms with van der Waals surface area (Å²) in [6.45, 7) is 6.64. The Morgan fingerprint density at radius 3 is 2.18 bits per heavy atom. The summed E-state index contributed by atoms with van der Waals surface area (Å²) >= 11 is 3.43. The Balaban J connectivity index is 2.01. The van der Waals surface area contributed by atoms with E-state index < -0.39 is 39.9 Å². The number of halogens is 2. The lowest BCUT2D eigenvalue weighted by Crippen LogP contribution is -2.54. The van der Waals surface area contributed by atoms with Crippen molar-refractivity contribution < 1.29 is 22.4 Å². The zero-order valence-corrected chi connectivity index (χ0v) is 24.1. The maximum Gasteiger partial charge on any atom is 0.264 e. The molecule has 0 fully saturated rings. The zero-order chi connectivity index (χ0) is 28.1. The largest absolute Gasteiger partial charge is 0.350 e. The Morgan fingerprint density at radius 1 is 0.974 bits per heavy atom. The number of para-hydroxylation sites is 1. The molecule has 1 N–H and O–H groups in total. The highest BCUT2D eigenvalue weighted by molar-refractivity contribution is 9.10. The fourth-order valence-corrected chi connectivity index (χ4v) is 5.61. The molecule has 10 heteroatoms. The number of nitrogens with one attached hydrogen (secondary N) is 1. The van der Waals surface area contributed by atoms with Gasteiger partial charge >= 0.3 is 0 Å². The molecule has 0 saturated heterocycles. The highest BCUT2D eigenvalue weighted by atomic mass is 79.9. The molecule has 0 heterocycles. The van der Waals surface area contributed by atoms with E-state index in [0.717, 1.165) is 38.6 Å². The fraction of sp³-hybridized carbons (Fsp3) is 0.286. The maximum absolute atomic E-state index is 13.8. The number of hydrogen-bond donors (Lipinski definition) is 1. The molecule has 0 unspecified atom stereocenters. The number of nitrogens with zero attached hydrogens (tertiary/aromatic N) is 2. The number of rotatable bonds is 9. The number of hydrogen-bond acceptors (Lipinski definition) is 4. The first-order chi connectivity index (χ1) is 17.8. The van der Waals surface area contributed by atoms with Crippen LogP contribution in [0.25, 0.3) is 0 Å². The van der Waals surface area contributed by atoms with Crippen molar-refractivity contribution in [2.45, 2.75) is 50.7 Å². The van der Waals surface area contributed by atoms with Crippen LogP contribution >= 0.6 is 15.9 Å². The smallest absolute Gasteiger partial charge is 0.264 e. The monoisotopic (exact) mass is 603 g/mol. The van der Waals surface area contributed by atoms with E-state index in [-0.39, 0.29) is 23.0 Å². The van der Waals surface area contributed by atoms with E-state index in [2.05, 4.69) is 21.2 Å². The van der Waals surface area contributed by atoms with Gasteiger partial charge in [-0.05, 0) is 81.8 Å². The lowest BCUT2D eigenvalue weighted by atomic mass is 10.1. The summed E-state index contributed by atoms with van der Waals surface area (Å²) in [6, 6.07) is 19.0. The molecule has 3 rings (SSSR count). The number of carbonyl (C=O) groups is 2. The van der Waals surface area contributed by atoms with Crippen LogP contribution in [-0.4, -0.2) is 43.3 Å². The Labute approximate surface area is 231 Å². The number of anilines is 1. The van der Waals surface area contributed by atoms with E-state index in [1.54, 1.807) is 37.3 Å². The lowest BCUT2D eigenvalue weighted by Gasteiger charge is -2.33. The van der Waals surface area contributed by atoms with Crippen LogP contribution < -0.4 is 9.62 Å². The summed E-state index contributed by atoms with van der Waals surface area (Å²) in [4.78, 5) is 28.1. The van der Waals surface area contributed by atoms with Crippen LogP contribution in [0.1, 0.15) is 33.3 Å². The molecule has 38 heavy (non-hydrogen) atoms. The van der Waals surface area contributed by atoms with E-state index in [1.165, 1.54) is 4.90 Å². The molecule has 0 aliphatic carbocycles. The zero-order valence-electron chi connectivity index (χ0n) is 21.7. The van der Waals surface area contributed by atoms with Gasteiger partial charge in [-0.1, -0.05) is 46.3 Å². The predicted molar refractivity (Wildman–Crippen MR) is 149 cm³/mol. The summed E-state index contributed by atoms with van der Waals surface area (Å²) in [5.74, 6) is -1.52. The van der Waals surface area contributed by atoms with Gasteiger partial charge < -0.3 is 10.2 Å². The predicted octanol–water partition coefficient (Wildman–Crippen LogP) is 5.12. The summed E-state index contributed by atoms with van der Waals surface area (Å²) in [7, 11) is -4.24. The Bertz CT molecular complexity index is 1380. The molecule has 0 radical (unpaired) electrons. The minimum atomic E-state index is -4.24. The highest BCUT2D eigenvalue weighted by Gasteiger charge is 2.33. The number of carbonyl (C=O) groups excluding carboxylic acids is 2. The maximum atomic E-state index is 13.8. The van der Waals surface area contributed by atoms with E-state index in [1.807, 2.05) is 45.0 Å². The van der Waals surface area contributed by atoms with Crippen molar-refractivity contribution in [3.63, 3.8) is 0 Å². The summed E-state index contributed by atoms with van der Waals surface area (Å²) in [5.41, 5.74) is 0.493. The van der Waals surface area contributed by atoms with Crippen LogP contribution in [0, 0.1) is 5.82 Å². The molecule has 0 aliphatic rings. The summed E-state index contributed by atoms with van der Waals surface area (Å²) in [5, 5.41) is 2.89. The standard InChI is InChI=1S/C28H31BrFN3O4S/c1-20(27(35)31-28(2,3)4)32(18-21-9-8-10-22(29)17-21)26(34)19-33(24-11-6-5-7-12-24)38(36,37)25-15-13-23(30)14-16-25/h5-17,20H,18-19H2,1-4H3,(H,31,35)/t20-/m1/s1. The molecule has 0 spiro atoms. The van der Waals surface area contributed by atoms with Gasteiger partial charge in [-0.25, -0.2) is 12.8 Å². The molecular weight excluding hydrogens is 573 g/mol. The Kier molecular flexibility index (Phi) is 9.32. The van der Waals surface area contributed by atoms with Crippen molar-refractivity contribution in [1.29, 1.82) is 0 Å². The van der Waals surface area contributed by atoms with Crippen LogP contribution in [0.3, 0.4) is 0 Å². The van der Waals surface area contributed by atoms with Crippen LogP contribution in [0.2, 0.25) is 0 Å². The first-order valence-corrected chi connectivity index (χ1v) is 14.2. The number of amides is 2. The topological polar surface area (TPSA) is 86.8 Å². The van der Waals surface area contributed by atoms with Gasteiger partial charge in [0, 0.05) is 16.6 Å². The number of sulfonamides is 1. The average molecular weight is 605 g/mol. The van der Waals surface area contributed by atoms with Crippen LogP contribution in [0.5, 0.6) is 0 Å². The third-order valence-corrected chi connectivity index (χ3v) is 7.91. The minimum absolute atomic E-state index is 0.0796. The van der Waals surface area contributed by atoms with Crippen LogP contribution in [0.15, 0.2) is 88.2 Å². The summed E-state index contributed by atoms with van der Waals surface area (Å²) in [6.07, 6.45) is 0. The molecule has 0 aliphatic heterocycles. The molecule has 2 amide bonds. The van der Waals surface area contributed by atoms with Gasteiger partial charge in [-0.3, -0.25) is 13.9 Å². The van der Waals surface area contributed by atoms with Crippen molar-refractivity contribution in [3.8, 4) is 0 Å². The van der Waals surface area contributed by atoms with E-state index in [9.17, 15) is 22.4 Å². The van der Waals surface area contributed by atoms with Crippen LogP contribution in [0.4, 0.5) is 10.1 Å². The van der Waals surface area contributed by atoms with Crippen molar-refractivity contribution in [2.75, 3.05) is 10.8 Å². The minimum Gasteiger partial charge on any atom is -0.350 e. The second kappa shape index (κ2) is 12.1.